The molecule has 4 aromatic rings. The molecule has 0 radical (unpaired) electrons. The summed E-state index contributed by atoms with van der Waals surface area (Å²) < 4.78 is 17.5. The normalized spacial score (nSPS) is 19.0. The monoisotopic (exact) mass is 562 g/mol. The van der Waals surface area contributed by atoms with Crippen molar-refractivity contribution in [1.29, 1.82) is 0 Å². The van der Waals surface area contributed by atoms with Gasteiger partial charge in [-0.05, 0) is 71.6 Å². The molecule has 0 bridgehead atoms. The zero-order valence-electron chi connectivity index (χ0n) is 23.3. The van der Waals surface area contributed by atoms with E-state index in [1.165, 1.54) is 12.0 Å². The van der Waals surface area contributed by atoms with Crippen LogP contribution in [0.1, 0.15) is 40.8 Å². The average molecular weight is 563 g/mol. The molecule has 3 aromatic carbocycles. The van der Waals surface area contributed by atoms with Crippen LogP contribution in [0, 0.1) is 0 Å². The van der Waals surface area contributed by atoms with Crippen LogP contribution in [-0.2, 0) is 29.2 Å². The van der Waals surface area contributed by atoms with E-state index >= 15 is 0 Å². The van der Waals surface area contributed by atoms with E-state index in [1.807, 2.05) is 43.3 Å². The number of carbonyl (C=O) groups is 2. The van der Waals surface area contributed by atoms with Gasteiger partial charge in [0.05, 0.1) is 18.7 Å². The van der Waals surface area contributed by atoms with Gasteiger partial charge in [0.1, 0.15) is 24.2 Å². The van der Waals surface area contributed by atoms with Crippen LogP contribution in [0.15, 0.2) is 96.8 Å². The number of aromatic nitrogens is 1. The Labute approximate surface area is 243 Å². The van der Waals surface area contributed by atoms with E-state index in [9.17, 15) is 14.7 Å². The van der Waals surface area contributed by atoms with Crippen molar-refractivity contribution >= 4 is 17.4 Å². The summed E-state index contributed by atoms with van der Waals surface area (Å²) in [6, 6.07) is 23.1. The topological polar surface area (TPSA) is 98.2 Å². The molecule has 2 atom stereocenters. The third-order valence-corrected chi connectivity index (χ3v) is 7.55. The minimum absolute atomic E-state index is 0.0148. The van der Waals surface area contributed by atoms with Crippen LogP contribution in [0.3, 0.4) is 0 Å². The Kier molecular flexibility index (Phi) is 7.35. The van der Waals surface area contributed by atoms with Crippen LogP contribution in [0.5, 0.6) is 17.2 Å². The molecule has 0 aliphatic carbocycles. The molecule has 2 aliphatic rings. The second-order valence-corrected chi connectivity index (χ2v) is 10.4. The first-order chi connectivity index (χ1) is 20.4. The quantitative estimate of drug-likeness (QED) is 0.169. The highest BCUT2D eigenvalue weighted by Crippen LogP contribution is 2.43. The smallest absolute Gasteiger partial charge is 0.295 e. The second-order valence-electron chi connectivity index (χ2n) is 10.4. The highest BCUT2D eigenvalue weighted by Gasteiger charge is 2.46. The minimum Gasteiger partial charge on any atom is -0.507 e. The molecule has 2 aliphatic heterocycles. The lowest BCUT2D eigenvalue weighted by atomic mass is 9.94. The number of likely N-dealkylation sites (tertiary alicyclic amines) is 1. The summed E-state index contributed by atoms with van der Waals surface area (Å²) in [5.74, 6) is 0.0382. The summed E-state index contributed by atoms with van der Waals surface area (Å²) >= 11 is 0. The van der Waals surface area contributed by atoms with Crippen LogP contribution in [-0.4, -0.2) is 39.9 Å². The number of hydrogen-bond donors (Lipinski definition) is 1. The number of ketones is 1. The molecule has 0 spiro atoms. The minimum atomic E-state index is -0.862. The fourth-order valence-electron chi connectivity index (χ4n) is 5.51. The van der Waals surface area contributed by atoms with Gasteiger partial charge in [0, 0.05) is 30.9 Å². The van der Waals surface area contributed by atoms with Gasteiger partial charge in [0.2, 0.25) is 0 Å². The maximum absolute atomic E-state index is 13.6. The standard InChI is InChI=1S/C34H30N2O6/c1-21-16-26-17-25(9-10-27(26)42-21)32(37)30-31(36(34(39)33(30)38)19-22-12-14-35-15-13-22)24-8-11-28(29(18-24)40-2)41-20-23-6-4-3-5-7-23/h3-15,17-18,21,31,37H,16,19-20H2,1-2H3/t21-,31-/m0/s1. The Morgan fingerprint density at radius 3 is 2.52 bits per heavy atom. The molecule has 1 N–H and O–H groups in total. The van der Waals surface area contributed by atoms with Crippen molar-refractivity contribution in [1.82, 2.24) is 9.88 Å². The van der Waals surface area contributed by atoms with Gasteiger partial charge in [-0.1, -0.05) is 36.4 Å². The molecule has 8 heteroatoms. The van der Waals surface area contributed by atoms with Crippen molar-refractivity contribution in [3.05, 3.63) is 125 Å². The number of nitrogens with zero attached hydrogens (tertiary/aromatic N) is 2. The molecule has 3 heterocycles. The highest BCUT2D eigenvalue weighted by molar-refractivity contribution is 6.46. The van der Waals surface area contributed by atoms with Gasteiger partial charge in [-0.2, -0.15) is 0 Å². The van der Waals surface area contributed by atoms with Crippen molar-refractivity contribution in [2.45, 2.75) is 38.6 Å². The molecular weight excluding hydrogens is 532 g/mol. The predicted octanol–water partition coefficient (Wildman–Crippen LogP) is 5.61. The number of aliphatic hydroxyl groups is 1. The van der Waals surface area contributed by atoms with E-state index in [0.29, 0.717) is 35.7 Å². The lowest BCUT2D eigenvalue weighted by Gasteiger charge is -2.26. The van der Waals surface area contributed by atoms with Gasteiger partial charge >= 0.3 is 0 Å². The summed E-state index contributed by atoms with van der Waals surface area (Å²) in [4.78, 5) is 32.6. The summed E-state index contributed by atoms with van der Waals surface area (Å²) in [5.41, 5.74) is 3.82. The summed E-state index contributed by atoms with van der Waals surface area (Å²) in [6.07, 6.45) is 3.99. The number of Topliss-reactive ketones (excluding diaryl/α,β-unsaturated/α-hetero) is 1. The lowest BCUT2D eigenvalue weighted by molar-refractivity contribution is -0.140. The van der Waals surface area contributed by atoms with E-state index in [0.717, 1.165) is 22.4 Å². The number of ether oxygens (including phenoxy) is 3. The first kappa shape index (κ1) is 27.1. The number of carbonyl (C=O) groups excluding carboxylic acids is 2. The van der Waals surface area contributed by atoms with Gasteiger partial charge in [-0.15, -0.1) is 0 Å². The first-order valence-electron chi connectivity index (χ1n) is 13.7. The number of pyridine rings is 1. The molecule has 8 nitrogen and oxygen atoms in total. The molecular formula is C34H30N2O6. The number of aliphatic hydroxyl groups excluding tert-OH is 1. The fraction of sp³-hybridized carbons (Fsp3) is 0.206. The maximum Gasteiger partial charge on any atom is 0.295 e. The molecule has 42 heavy (non-hydrogen) atoms. The summed E-state index contributed by atoms with van der Waals surface area (Å²) in [6.45, 7) is 2.47. The van der Waals surface area contributed by atoms with Crippen LogP contribution < -0.4 is 14.2 Å². The van der Waals surface area contributed by atoms with Crippen LogP contribution in [0.4, 0.5) is 0 Å². The molecule has 0 saturated carbocycles. The molecule has 1 amide bonds. The van der Waals surface area contributed by atoms with Crippen molar-refractivity contribution < 1.29 is 28.9 Å². The number of fused-ring (bicyclic) bond motifs is 1. The first-order valence-corrected chi connectivity index (χ1v) is 13.7. The number of benzene rings is 3. The number of methoxy groups -OCH3 is 1. The van der Waals surface area contributed by atoms with Gasteiger partial charge < -0.3 is 24.2 Å². The van der Waals surface area contributed by atoms with Crippen LogP contribution in [0.2, 0.25) is 0 Å². The van der Waals surface area contributed by atoms with Crippen LogP contribution in [0.25, 0.3) is 5.76 Å². The second kappa shape index (κ2) is 11.4. The molecule has 212 valence electrons. The zero-order valence-corrected chi connectivity index (χ0v) is 23.3. The highest BCUT2D eigenvalue weighted by atomic mass is 16.5. The lowest BCUT2D eigenvalue weighted by Crippen LogP contribution is -2.29. The van der Waals surface area contributed by atoms with E-state index in [2.05, 4.69) is 4.98 Å². The Bertz CT molecular complexity index is 1670. The van der Waals surface area contributed by atoms with Crippen molar-refractivity contribution in [3.8, 4) is 17.2 Å². The third-order valence-electron chi connectivity index (χ3n) is 7.55. The van der Waals surface area contributed by atoms with Crippen molar-refractivity contribution in [2.24, 2.45) is 0 Å². The molecule has 1 saturated heterocycles. The zero-order chi connectivity index (χ0) is 29.2. The Morgan fingerprint density at radius 2 is 1.76 bits per heavy atom. The van der Waals surface area contributed by atoms with E-state index < -0.39 is 17.7 Å². The van der Waals surface area contributed by atoms with Crippen molar-refractivity contribution in [2.75, 3.05) is 7.11 Å². The van der Waals surface area contributed by atoms with E-state index in [4.69, 9.17) is 14.2 Å². The Balaban J connectivity index is 1.41. The number of rotatable bonds is 8. The van der Waals surface area contributed by atoms with E-state index in [1.54, 1.807) is 54.9 Å². The summed E-state index contributed by atoms with van der Waals surface area (Å²) in [5, 5.41) is 11.6. The maximum atomic E-state index is 13.6. The Hall–Kier alpha value is -5.11. The van der Waals surface area contributed by atoms with Gasteiger partial charge in [-0.25, -0.2) is 0 Å². The van der Waals surface area contributed by atoms with Crippen molar-refractivity contribution in [3.63, 3.8) is 0 Å². The number of hydrogen-bond acceptors (Lipinski definition) is 7. The molecule has 1 aromatic heterocycles. The molecule has 0 unspecified atom stereocenters. The van der Waals surface area contributed by atoms with Gasteiger partial charge in [0.25, 0.3) is 11.7 Å². The van der Waals surface area contributed by atoms with E-state index in [-0.39, 0.29) is 24.0 Å². The van der Waals surface area contributed by atoms with Gasteiger partial charge in [0.15, 0.2) is 11.5 Å². The predicted molar refractivity (Wildman–Crippen MR) is 156 cm³/mol. The Morgan fingerprint density at radius 1 is 0.976 bits per heavy atom. The number of amides is 1. The summed E-state index contributed by atoms with van der Waals surface area (Å²) in [7, 11) is 1.54. The largest absolute Gasteiger partial charge is 0.507 e. The third kappa shape index (κ3) is 5.19. The van der Waals surface area contributed by atoms with Crippen LogP contribution >= 0.6 is 0 Å². The van der Waals surface area contributed by atoms with Gasteiger partial charge in [-0.3, -0.25) is 14.6 Å². The SMILES string of the molecule is COc1cc([C@H]2C(=C(O)c3ccc4c(c3)C[C@H](C)O4)C(=O)C(=O)N2Cc2ccncc2)ccc1OCc1ccccc1. The molecule has 6 rings (SSSR count). The molecule has 1 fully saturated rings. The fourth-order valence-corrected chi connectivity index (χ4v) is 5.51. The average Bonchev–Trinajstić information content (AvgIpc) is 3.51.